The van der Waals surface area contributed by atoms with Gasteiger partial charge in [-0.25, -0.2) is 13.1 Å². The highest BCUT2D eigenvalue weighted by molar-refractivity contribution is 7.89. The fourth-order valence-electron chi connectivity index (χ4n) is 2.37. The lowest BCUT2D eigenvalue weighted by atomic mass is 10.2. The molecule has 0 heterocycles. The Hall–Kier alpha value is -2.70. The summed E-state index contributed by atoms with van der Waals surface area (Å²) in [5.74, 6) is -0.457. The molecule has 0 bridgehead atoms. The van der Waals surface area contributed by atoms with E-state index in [1.54, 1.807) is 0 Å². The Morgan fingerprint density at radius 2 is 1.68 bits per heavy atom. The van der Waals surface area contributed by atoms with E-state index in [1.807, 2.05) is 0 Å². The fourth-order valence-corrected chi connectivity index (χ4v) is 3.65. The minimum Gasteiger partial charge on any atom is -0.495 e. The number of ether oxygens (including phenoxy) is 3. The second-order valence-corrected chi connectivity index (χ2v) is 8.08. The van der Waals surface area contributed by atoms with E-state index in [4.69, 9.17) is 21.1 Å². The molecule has 170 valence electrons. The Morgan fingerprint density at radius 1 is 1.06 bits per heavy atom. The Labute approximate surface area is 181 Å². The Bertz CT molecular complexity index is 1030. The molecule has 2 aromatic carbocycles. The summed E-state index contributed by atoms with van der Waals surface area (Å²) < 4.78 is 77.0. The van der Waals surface area contributed by atoms with Crippen molar-refractivity contribution < 1.29 is 40.6 Å². The van der Waals surface area contributed by atoms with Gasteiger partial charge in [-0.1, -0.05) is 11.6 Å². The summed E-state index contributed by atoms with van der Waals surface area (Å²) in [6.45, 7) is -0.263. The number of carbonyl (C=O) groups excluding carboxylic acids is 1. The van der Waals surface area contributed by atoms with Crippen LogP contribution in [0.25, 0.3) is 0 Å². The first-order chi connectivity index (χ1) is 14.4. The van der Waals surface area contributed by atoms with Gasteiger partial charge in [-0.3, -0.25) is 4.79 Å². The first-order valence-electron chi connectivity index (χ1n) is 8.52. The van der Waals surface area contributed by atoms with Crippen molar-refractivity contribution in [3.05, 3.63) is 41.4 Å². The monoisotopic (exact) mass is 482 g/mol. The topological polar surface area (TPSA) is 103 Å². The second-order valence-electron chi connectivity index (χ2n) is 5.90. The first-order valence-corrected chi connectivity index (χ1v) is 10.4. The third-order valence-corrected chi connectivity index (χ3v) is 5.53. The average Bonchev–Trinajstić information content (AvgIpc) is 2.67. The molecule has 0 spiro atoms. The van der Waals surface area contributed by atoms with Gasteiger partial charge in [0.15, 0.2) is 0 Å². The molecule has 0 aliphatic rings. The zero-order valence-corrected chi connectivity index (χ0v) is 17.8. The van der Waals surface area contributed by atoms with Gasteiger partial charge in [-0.2, -0.15) is 0 Å². The van der Waals surface area contributed by atoms with Crippen LogP contribution in [-0.2, 0) is 14.8 Å². The van der Waals surface area contributed by atoms with Crippen molar-refractivity contribution in [1.82, 2.24) is 4.72 Å². The SMILES string of the molecule is COc1cc(OC)c(NC(=O)CCNS(=O)(=O)c2ccc(OC(F)(F)F)cc2)cc1Cl. The minimum atomic E-state index is -4.89. The molecule has 0 aromatic heterocycles. The Kier molecular flexibility index (Phi) is 7.98. The number of carbonyl (C=O) groups is 1. The summed E-state index contributed by atoms with van der Waals surface area (Å²) in [6, 6.07) is 6.54. The van der Waals surface area contributed by atoms with Crippen molar-refractivity contribution in [3.8, 4) is 17.2 Å². The van der Waals surface area contributed by atoms with E-state index < -0.39 is 28.0 Å². The molecule has 0 saturated carbocycles. The molecule has 2 rings (SSSR count). The van der Waals surface area contributed by atoms with Crippen LogP contribution in [0.2, 0.25) is 5.02 Å². The summed E-state index contributed by atoms with van der Waals surface area (Å²) in [7, 11) is -1.24. The number of halogens is 4. The van der Waals surface area contributed by atoms with Crippen LogP contribution in [0.15, 0.2) is 41.3 Å². The van der Waals surface area contributed by atoms with Crippen LogP contribution >= 0.6 is 11.6 Å². The number of benzene rings is 2. The van der Waals surface area contributed by atoms with Gasteiger partial charge in [0.2, 0.25) is 15.9 Å². The maximum absolute atomic E-state index is 12.2. The van der Waals surface area contributed by atoms with E-state index in [1.165, 1.54) is 26.4 Å². The van der Waals surface area contributed by atoms with Crippen LogP contribution < -0.4 is 24.2 Å². The molecule has 0 aliphatic carbocycles. The first kappa shape index (κ1) is 24.6. The molecule has 0 radical (unpaired) electrons. The van der Waals surface area contributed by atoms with Gasteiger partial charge < -0.3 is 19.5 Å². The maximum Gasteiger partial charge on any atom is 0.573 e. The van der Waals surface area contributed by atoms with Crippen molar-refractivity contribution in [1.29, 1.82) is 0 Å². The highest BCUT2D eigenvalue weighted by Crippen LogP contribution is 2.35. The second kappa shape index (κ2) is 10.1. The third-order valence-electron chi connectivity index (χ3n) is 3.76. The van der Waals surface area contributed by atoms with Crippen molar-refractivity contribution in [3.63, 3.8) is 0 Å². The Balaban J connectivity index is 1.95. The zero-order chi connectivity index (χ0) is 23.2. The zero-order valence-electron chi connectivity index (χ0n) is 16.2. The molecule has 0 unspecified atom stereocenters. The number of nitrogens with one attached hydrogen (secondary N) is 2. The predicted octanol–water partition coefficient (Wildman–Crippen LogP) is 3.56. The number of alkyl halides is 3. The third kappa shape index (κ3) is 7.19. The van der Waals surface area contributed by atoms with Crippen LogP contribution in [0.4, 0.5) is 18.9 Å². The quantitative estimate of drug-likeness (QED) is 0.566. The van der Waals surface area contributed by atoms with Crippen molar-refractivity contribution >= 4 is 33.2 Å². The summed E-state index contributed by atoms with van der Waals surface area (Å²) in [5.41, 5.74) is 0.265. The molecule has 2 aromatic rings. The molecular weight excluding hydrogens is 465 g/mol. The molecule has 0 fully saturated rings. The van der Waals surface area contributed by atoms with E-state index >= 15 is 0 Å². The molecule has 31 heavy (non-hydrogen) atoms. The number of amides is 1. The fraction of sp³-hybridized carbons (Fsp3) is 0.278. The van der Waals surface area contributed by atoms with Crippen LogP contribution in [0, 0.1) is 0 Å². The number of methoxy groups -OCH3 is 2. The number of hydrogen-bond acceptors (Lipinski definition) is 6. The Morgan fingerprint density at radius 3 is 2.23 bits per heavy atom. The van der Waals surface area contributed by atoms with Gasteiger partial charge in [-0.05, 0) is 30.3 Å². The normalized spacial score (nSPS) is 11.7. The van der Waals surface area contributed by atoms with Gasteiger partial charge in [0, 0.05) is 19.0 Å². The van der Waals surface area contributed by atoms with Crippen LogP contribution in [0.3, 0.4) is 0 Å². The summed E-state index contributed by atoms with van der Waals surface area (Å²) in [5, 5.41) is 2.78. The smallest absolute Gasteiger partial charge is 0.495 e. The van der Waals surface area contributed by atoms with Crippen LogP contribution in [0.1, 0.15) is 6.42 Å². The van der Waals surface area contributed by atoms with Crippen molar-refractivity contribution in [2.45, 2.75) is 17.7 Å². The number of sulfonamides is 1. The van der Waals surface area contributed by atoms with Gasteiger partial charge in [-0.15, -0.1) is 13.2 Å². The summed E-state index contributed by atoms with van der Waals surface area (Å²) in [6.07, 6.45) is -5.12. The van der Waals surface area contributed by atoms with Gasteiger partial charge in [0.05, 0.1) is 29.8 Å². The average molecular weight is 483 g/mol. The maximum atomic E-state index is 12.2. The molecule has 1 amide bonds. The van der Waals surface area contributed by atoms with Crippen LogP contribution in [-0.4, -0.2) is 41.5 Å². The molecular formula is C18H18ClF3N2O6S. The highest BCUT2D eigenvalue weighted by Gasteiger charge is 2.31. The van der Waals surface area contributed by atoms with E-state index in [0.29, 0.717) is 5.75 Å². The molecule has 2 N–H and O–H groups in total. The number of rotatable bonds is 9. The minimum absolute atomic E-state index is 0.234. The van der Waals surface area contributed by atoms with E-state index in [2.05, 4.69) is 14.8 Å². The molecule has 13 heteroatoms. The van der Waals surface area contributed by atoms with Crippen molar-refractivity contribution in [2.24, 2.45) is 0 Å². The van der Waals surface area contributed by atoms with Gasteiger partial charge in [0.25, 0.3) is 0 Å². The lowest BCUT2D eigenvalue weighted by Crippen LogP contribution is -2.28. The summed E-state index contributed by atoms with van der Waals surface area (Å²) in [4.78, 5) is 11.9. The molecule has 0 saturated heterocycles. The highest BCUT2D eigenvalue weighted by atomic mass is 35.5. The molecule has 8 nitrogen and oxygen atoms in total. The van der Waals surface area contributed by atoms with E-state index in [-0.39, 0.29) is 34.3 Å². The largest absolute Gasteiger partial charge is 0.573 e. The summed E-state index contributed by atoms with van der Waals surface area (Å²) >= 11 is 6.03. The predicted molar refractivity (Wildman–Crippen MR) is 106 cm³/mol. The number of hydrogen-bond donors (Lipinski definition) is 2. The van der Waals surface area contributed by atoms with Crippen molar-refractivity contribution in [2.75, 3.05) is 26.1 Å². The van der Waals surface area contributed by atoms with Crippen LogP contribution in [0.5, 0.6) is 17.2 Å². The molecule has 0 atom stereocenters. The number of anilines is 1. The van der Waals surface area contributed by atoms with Gasteiger partial charge >= 0.3 is 6.36 Å². The lowest BCUT2D eigenvalue weighted by Gasteiger charge is -2.13. The lowest BCUT2D eigenvalue weighted by molar-refractivity contribution is -0.274. The standard InChI is InChI=1S/C18H18ClF3N2O6S/c1-28-15-10-16(29-2)14(9-13(15)19)24-17(25)7-8-23-31(26,27)12-5-3-11(4-6-12)30-18(20,21)22/h3-6,9-10,23H,7-8H2,1-2H3,(H,24,25). The molecule has 0 aliphatic heterocycles. The van der Waals surface area contributed by atoms with Gasteiger partial charge in [0.1, 0.15) is 17.2 Å². The van der Waals surface area contributed by atoms with E-state index in [0.717, 1.165) is 24.3 Å². The van der Waals surface area contributed by atoms with E-state index in [9.17, 15) is 26.4 Å².